The number of aromatic amines is 2. The average Bonchev–Trinajstić information content (AvgIpc) is 3.29. The molecule has 176 valence electrons. The summed E-state index contributed by atoms with van der Waals surface area (Å²) in [5, 5.41) is 1.91. The zero-order chi connectivity index (χ0) is 24.0. The number of amides is 1. The first-order chi connectivity index (χ1) is 15.7. The number of nitrogens with one attached hydrogen (secondary N) is 3. The molecule has 3 N–H and O–H groups in total. The standard InChI is InChI=1S/C21H24N4O6S2/c1-3-5-14(31-2)12-25(13-15-6-4-9-32-15)19(26)11-22-33(29,30)16-7-8-18-17(10-16)20(27)24-21(28)23-18/h4-10,22H,3,11-13H2,1-2H3,(H2,23,24,27,28)/b14-5-. The second kappa shape index (κ2) is 10.6. The fraction of sp³-hybridized carbons (Fsp3) is 0.286. The topological polar surface area (TPSA) is 141 Å². The Morgan fingerprint density at radius 2 is 2.03 bits per heavy atom. The average molecular weight is 493 g/mol. The van der Waals surface area contributed by atoms with E-state index in [-0.39, 0.29) is 22.3 Å². The number of H-pyrrole nitrogens is 2. The maximum Gasteiger partial charge on any atom is 0.326 e. The summed E-state index contributed by atoms with van der Waals surface area (Å²) in [5.74, 6) is 0.169. The van der Waals surface area contributed by atoms with Gasteiger partial charge in [-0.1, -0.05) is 13.0 Å². The van der Waals surface area contributed by atoms with Gasteiger partial charge < -0.3 is 14.6 Å². The Bertz CT molecular complexity index is 1370. The number of fused-ring (bicyclic) bond motifs is 1. The number of methoxy groups -OCH3 is 1. The van der Waals surface area contributed by atoms with Gasteiger partial charge in [-0.3, -0.25) is 14.6 Å². The van der Waals surface area contributed by atoms with Gasteiger partial charge in [-0.15, -0.1) is 11.3 Å². The number of thiophene rings is 1. The number of aromatic nitrogens is 2. The van der Waals surface area contributed by atoms with E-state index in [0.717, 1.165) is 17.4 Å². The number of nitrogens with zero attached hydrogens (tertiary/aromatic N) is 1. The maximum absolute atomic E-state index is 12.9. The molecule has 0 unspecified atom stereocenters. The molecule has 0 spiro atoms. The smallest absolute Gasteiger partial charge is 0.326 e. The van der Waals surface area contributed by atoms with E-state index in [1.54, 1.807) is 0 Å². The van der Waals surface area contributed by atoms with Crippen LogP contribution < -0.4 is 16.0 Å². The fourth-order valence-electron chi connectivity index (χ4n) is 3.11. The van der Waals surface area contributed by atoms with Crippen molar-refractivity contribution in [1.29, 1.82) is 0 Å². The lowest BCUT2D eigenvalue weighted by Crippen LogP contribution is -2.40. The molecule has 0 saturated carbocycles. The van der Waals surface area contributed by atoms with Crippen LogP contribution in [0.25, 0.3) is 10.9 Å². The van der Waals surface area contributed by atoms with Gasteiger partial charge in [0.05, 0.1) is 42.5 Å². The Morgan fingerprint density at radius 1 is 1.24 bits per heavy atom. The number of carbonyl (C=O) groups is 1. The minimum Gasteiger partial charge on any atom is -0.500 e. The third-order valence-electron chi connectivity index (χ3n) is 4.75. The van der Waals surface area contributed by atoms with Gasteiger partial charge in [0.2, 0.25) is 15.9 Å². The van der Waals surface area contributed by atoms with Gasteiger partial charge in [-0.2, -0.15) is 0 Å². The number of hydrogen-bond donors (Lipinski definition) is 3. The lowest BCUT2D eigenvalue weighted by molar-refractivity contribution is -0.130. The highest BCUT2D eigenvalue weighted by Crippen LogP contribution is 2.16. The van der Waals surface area contributed by atoms with Crippen molar-refractivity contribution >= 4 is 38.2 Å². The molecular formula is C21H24N4O6S2. The van der Waals surface area contributed by atoms with Gasteiger partial charge in [0, 0.05) is 4.88 Å². The number of rotatable bonds is 10. The van der Waals surface area contributed by atoms with Gasteiger partial charge in [0.1, 0.15) is 5.76 Å². The van der Waals surface area contributed by atoms with E-state index < -0.39 is 33.7 Å². The highest BCUT2D eigenvalue weighted by atomic mass is 32.2. The second-order valence-electron chi connectivity index (χ2n) is 7.05. The molecule has 1 amide bonds. The van der Waals surface area contributed by atoms with Crippen molar-refractivity contribution in [2.45, 2.75) is 24.8 Å². The van der Waals surface area contributed by atoms with E-state index in [4.69, 9.17) is 4.74 Å². The molecule has 2 heterocycles. The Morgan fingerprint density at radius 3 is 2.70 bits per heavy atom. The summed E-state index contributed by atoms with van der Waals surface area (Å²) >= 11 is 1.49. The fourth-order valence-corrected chi connectivity index (χ4v) is 4.83. The van der Waals surface area contributed by atoms with E-state index in [1.807, 2.05) is 30.5 Å². The SMILES string of the molecule is CC/C=C(/CN(Cc1cccs1)C(=O)CNS(=O)(=O)c1ccc2[nH]c(=O)[nH]c(=O)c2c1)OC. The first kappa shape index (κ1) is 24.4. The zero-order valence-corrected chi connectivity index (χ0v) is 19.7. The molecular weight excluding hydrogens is 468 g/mol. The highest BCUT2D eigenvalue weighted by molar-refractivity contribution is 7.89. The Labute approximate surface area is 194 Å². The number of benzene rings is 1. The van der Waals surface area contributed by atoms with Crippen LogP contribution in [0, 0.1) is 0 Å². The van der Waals surface area contributed by atoms with Crippen molar-refractivity contribution in [2.24, 2.45) is 0 Å². The van der Waals surface area contributed by atoms with Crippen molar-refractivity contribution in [3.63, 3.8) is 0 Å². The van der Waals surface area contributed by atoms with Crippen LogP contribution in [-0.4, -0.2) is 49.4 Å². The van der Waals surface area contributed by atoms with Gasteiger partial charge in [0.25, 0.3) is 5.56 Å². The third-order valence-corrected chi connectivity index (χ3v) is 7.01. The van der Waals surface area contributed by atoms with Crippen molar-refractivity contribution in [3.8, 4) is 0 Å². The second-order valence-corrected chi connectivity index (χ2v) is 9.85. The summed E-state index contributed by atoms with van der Waals surface area (Å²) in [6.07, 6.45) is 2.58. The van der Waals surface area contributed by atoms with Crippen LogP contribution in [0.3, 0.4) is 0 Å². The number of sulfonamides is 1. The molecule has 0 bridgehead atoms. The molecule has 0 atom stereocenters. The van der Waals surface area contributed by atoms with Crippen molar-refractivity contribution in [2.75, 3.05) is 20.2 Å². The predicted octanol–water partition coefficient (Wildman–Crippen LogP) is 1.53. The Balaban J connectivity index is 1.79. The lowest BCUT2D eigenvalue weighted by Gasteiger charge is -2.23. The molecule has 10 nitrogen and oxygen atoms in total. The predicted molar refractivity (Wildman–Crippen MR) is 125 cm³/mol. The van der Waals surface area contributed by atoms with Gasteiger partial charge >= 0.3 is 5.69 Å². The van der Waals surface area contributed by atoms with Crippen LogP contribution in [0.1, 0.15) is 18.2 Å². The summed E-state index contributed by atoms with van der Waals surface area (Å²) < 4.78 is 33.2. The molecule has 1 aromatic carbocycles. The number of allylic oxidation sites excluding steroid dienone is 1. The zero-order valence-electron chi connectivity index (χ0n) is 18.1. The molecule has 0 fully saturated rings. The summed E-state index contributed by atoms with van der Waals surface area (Å²) in [5.41, 5.74) is -1.19. The molecule has 0 aliphatic carbocycles. The molecule has 0 saturated heterocycles. The van der Waals surface area contributed by atoms with Crippen LogP contribution in [0.4, 0.5) is 0 Å². The quantitative estimate of drug-likeness (QED) is 0.367. The van der Waals surface area contributed by atoms with Gasteiger partial charge in [0.15, 0.2) is 0 Å². The molecule has 2 aromatic heterocycles. The summed E-state index contributed by atoms with van der Waals surface area (Å²) in [4.78, 5) is 43.1. The normalized spacial score (nSPS) is 12.1. The van der Waals surface area contributed by atoms with E-state index in [0.29, 0.717) is 12.3 Å². The van der Waals surface area contributed by atoms with Crippen LogP contribution in [0.5, 0.6) is 0 Å². The summed E-state index contributed by atoms with van der Waals surface area (Å²) in [6.45, 7) is 1.97. The number of ether oxygens (including phenoxy) is 1. The largest absolute Gasteiger partial charge is 0.500 e. The monoisotopic (exact) mass is 492 g/mol. The maximum atomic E-state index is 12.9. The lowest BCUT2D eigenvalue weighted by atomic mass is 10.2. The van der Waals surface area contributed by atoms with Crippen LogP contribution in [0.15, 0.2) is 62.0 Å². The molecule has 3 aromatic rings. The number of hydrogen-bond acceptors (Lipinski definition) is 7. The molecule has 3 rings (SSSR count). The minimum absolute atomic E-state index is 0.0116. The Kier molecular flexibility index (Phi) is 7.84. The van der Waals surface area contributed by atoms with Crippen LogP contribution in [0.2, 0.25) is 0 Å². The molecule has 0 radical (unpaired) electrons. The molecule has 33 heavy (non-hydrogen) atoms. The minimum atomic E-state index is -4.10. The van der Waals surface area contributed by atoms with E-state index in [1.165, 1.54) is 35.5 Å². The third kappa shape index (κ3) is 6.18. The number of carbonyl (C=O) groups excluding carboxylic acids is 1. The summed E-state index contributed by atoms with van der Waals surface area (Å²) in [7, 11) is -2.58. The van der Waals surface area contributed by atoms with Crippen LogP contribution >= 0.6 is 11.3 Å². The van der Waals surface area contributed by atoms with E-state index in [9.17, 15) is 22.8 Å². The van der Waals surface area contributed by atoms with Crippen molar-refractivity contribution in [1.82, 2.24) is 19.6 Å². The molecule has 0 aliphatic rings. The highest BCUT2D eigenvalue weighted by Gasteiger charge is 2.21. The van der Waals surface area contributed by atoms with E-state index in [2.05, 4.69) is 14.7 Å². The van der Waals surface area contributed by atoms with E-state index >= 15 is 0 Å². The van der Waals surface area contributed by atoms with Crippen molar-refractivity contribution < 1.29 is 17.9 Å². The van der Waals surface area contributed by atoms with Crippen molar-refractivity contribution in [3.05, 3.63) is 73.3 Å². The first-order valence-electron chi connectivity index (χ1n) is 10.0. The van der Waals surface area contributed by atoms with Gasteiger partial charge in [-0.25, -0.2) is 17.9 Å². The first-order valence-corrected chi connectivity index (χ1v) is 12.4. The molecule has 12 heteroatoms. The van der Waals surface area contributed by atoms with Gasteiger partial charge in [-0.05, 0) is 42.1 Å². The molecule has 0 aliphatic heterocycles. The summed E-state index contributed by atoms with van der Waals surface area (Å²) in [6, 6.07) is 7.49. The van der Waals surface area contributed by atoms with Crippen LogP contribution in [-0.2, 0) is 26.1 Å². The Hall–Kier alpha value is -3.22.